The zero-order valence-corrected chi connectivity index (χ0v) is 12.9. The van der Waals surface area contributed by atoms with Gasteiger partial charge in [-0.05, 0) is 31.5 Å². The molecule has 0 fully saturated rings. The molecule has 1 atom stereocenters. The summed E-state index contributed by atoms with van der Waals surface area (Å²) < 4.78 is 21.1. The van der Waals surface area contributed by atoms with E-state index in [1.165, 1.54) is 13.2 Å². The lowest BCUT2D eigenvalue weighted by atomic mass is 9.89. The topological polar surface area (TPSA) is 47.3 Å². The first-order valence-electron chi connectivity index (χ1n) is 6.96. The van der Waals surface area contributed by atoms with Gasteiger partial charge in [-0.3, -0.25) is 4.68 Å². The second-order valence-electron chi connectivity index (χ2n) is 5.37. The summed E-state index contributed by atoms with van der Waals surface area (Å²) in [6.45, 7) is 3.61. The Hall–Kier alpha value is -1.88. The van der Waals surface area contributed by atoms with Gasteiger partial charge in [0.05, 0.1) is 24.0 Å². The van der Waals surface area contributed by atoms with E-state index in [2.05, 4.69) is 5.10 Å². The Morgan fingerprint density at radius 2 is 2.14 bits per heavy atom. The summed E-state index contributed by atoms with van der Waals surface area (Å²) in [5.74, 6) is -0.130. The average Bonchev–Trinajstić information content (AvgIpc) is 2.78. The van der Waals surface area contributed by atoms with Crippen molar-refractivity contribution in [1.29, 1.82) is 0 Å². The third-order valence-corrected chi connectivity index (χ3v) is 3.65. The summed E-state index contributed by atoms with van der Waals surface area (Å²) in [6.07, 6.45) is 1.08. The molecule has 0 bridgehead atoms. The van der Waals surface area contributed by atoms with Crippen molar-refractivity contribution < 1.29 is 14.2 Å². The number of ether oxygens (including phenoxy) is 1. The summed E-state index contributed by atoms with van der Waals surface area (Å²) >= 11 is 0. The van der Waals surface area contributed by atoms with Crippen molar-refractivity contribution in [1.82, 2.24) is 9.78 Å². The van der Waals surface area contributed by atoms with Gasteiger partial charge in [0.15, 0.2) is 0 Å². The molecule has 0 spiro atoms. The Morgan fingerprint density at radius 3 is 2.71 bits per heavy atom. The van der Waals surface area contributed by atoms with Crippen LogP contribution in [-0.2, 0) is 25.5 Å². The maximum Gasteiger partial charge on any atom is 0.133 e. The van der Waals surface area contributed by atoms with Crippen LogP contribution in [0.3, 0.4) is 0 Å². The predicted molar refractivity (Wildman–Crippen MR) is 78.8 cm³/mol. The van der Waals surface area contributed by atoms with Crippen LogP contribution in [0.5, 0.6) is 5.75 Å². The van der Waals surface area contributed by atoms with E-state index in [1.54, 1.807) is 23.7 Å². The number of hydrogen-bond donors (Lipinski definition) is 1. The Labute approximate surface area is 124 Å². The van der Waals surface area contributed by atoms with Crippen LogP contribution in [0, 0.1) is 5.82 Å². The monoisotopic (exact) mass is 292 g/mol. The SMILES string of the molecule is CCc1cc(CC(C)(O)c2c(F)cccc2OC)n(C)n1. The number of hydrogen-bond acceptors (Lipinski definition) is 3. The highest BCUT2D eigenvalue weighted by atomic mass is 19.1. The van der Waals surface area contributed by atoms with E-state index in [-0.39, 0.29) is 12.0 Å². The van der Waals surface area contributed by atoms with Crippen LogP contribution in [-0.4, -0.2) is 22.0 Å². The Balaban J connectivity index is 2.40. The van der Waals surface area contributed by atoms with Gasteiger partial charge in [0.25, 0.3) is 0 Å². The fourth-order valence-corrected chi connectivity index (χ4v) is 2.55. The van der Waals surface area contributed by atoms with Crippen LogP contribution in [0.2, 0.25) is 0 Å². The summed E-state index contributed by atoms with van der Waals surface area (Å²) in [4.78, 5) is 0. The molecule has 1 N–H and O–H groups in total. The minimum atomic E-state index is -1.38. The quantitative estimate of drug-likeness (QED) is 0.921. The van der Waals surface area contributed by atoms with Crippen LogP contribution in [0.15, 0.2) is 24.3 Å². The molecule has 1 aromatic carbocycles. The molecule has 1 aromatic heterocycles. The smallest absolute Gasteiger partial charge is 0.133 e. The molecule has 4 nitrogen and oxygen atoms in total. The number of nitrogens with zero attached hydrogens (tertiary/aromatic N) is 2. The second-order valence-corrected chi connectivity index (χ2v) is 5.37. The number of aryl methyl sites for hydroxylation is 2. The lowest BCUT2D eigenvalue weighted by Gasteiger charge is -2.26. The second kappa shape index (κ2) is 5.85. The number of rotatable bonds is 5. The van der Waals surface area contributed by atoms with Gasteiger partial charge in [0.1, 0.15) is 11.6 Å². The minimum Gasteiger partial charge on any atom is -0.496 e. The van der Waals surface area contributed by atoms with Crippen LogP contribution in [0.4, 0.5) is 4.39 Å². The fourth-order valence-electron chi connectivity index (χ4n) is 2.55. The first kappa shape index (κ1) is 15.5. The van der Waals surface area contributed by atoms with E-state index in [9.17, 15) is 9.50 Å². The summed E-state index contributed by atoms with van der Waals surface area (Å²) in [5, 5.41) is 15.1. The summed E-state index contributed by atoms with van der Waals surface area (Å²) in [6, 6.07) is 6.47. The van der Waals surface area contributed by atoms with Crippen molar-refractivity contribution in [3.05, 3.63) is 47.0 Å². The molecule has 1 unspecified atom stereocenters. The standard InChI is InChI=1S/C16H21FN2O2/c1-5-11-9-12(19(3)18-11)10-16(2,20)15-13(17)7-6-8-14(15)21-4/h6-9,20H,5,10H2,1-4H3. The lowest BCUT2D eigenvalue weighted by molar-refractivity contribution is 0.0490. The Morgan fingerprint density at radius 1 is 1.43 bits per heavy atom. The van der Waals surface area contributed by atoms with Crippen molar-refractivity contribution in [3.8, 4) is 5.75 Å². The summed E-state index contributed by atoms with van der Waals surface area (Å²) in [7, 11) is 3.29. The van der Waals surface area contributed by atoms with Crippen molar-refractivity contribution in [3.63, 3.8) is 0 Å². The molecule has 2 aromatic rings. The molecule has 0 aliphatic rings. The lowest BCUT2D eigenvalue weighted by Crippen LogP contribution is -2.27. The third kappa shape index (κ3) is 3.08. The molecule has 114 valence electrons. The van der Waals surface area contributed by atoms with Crippen molar-refractivity contribution in [2.45, 2.75) is 32.3 Å². The normalized spacial score (nSPS) is 14.0. The molecule has 0 aliphatic heterocycles. The van der Waals surface area contributed by atoms with E-state index in [0.29, 0.717) is 5.75 Å². The zero-order valence-electron chi connectivity index (χ0n) is 12.9. The van der Waals surface area contributed by atoms with Gasteiger partial charge in [0.2, 0.25) is 0 Å². The Bertz CT molecular complexity index is 635. The first-order valence-corrected chi connectivity index (χ1v) is 6.96. The number of aliphatic hydroxyl groups is 1. The van der Waals surface area contributed by atoms with Gasteiger partial charge in [-0.15, -0.1) is 0 Å². The third-order valence-electron chi connectivity index (χ3n) is 3.65. The molecular formula is C16H21FN2O2. The molecule has 0 saturated carbocycles. The fraction of sp³-hybridized carbons (Fsp3) is 0.438. The summed E-state index contributed by atoms with van der Waals surface area (Å²) in [5.41, 5.74) is 0.591. The highest BCUT2D eigenvalue weighted by Gasteiger charge is 2.31. The molecular weight excluding hydrogens is 271 g/mol. The predicted octanol–water partition coefficient (Wildman–Crippen LogP) is 2.58. The molecule has 1 heterocycles. The van der Waals surface area contributed by atoms with Crippen LogP contribution < -0.4 is 4.74 Å². The van der Waals surface area contributed by atoms with Crippen LogP contribution in [0.1, 0.15) is 30.8 Å². The number of benzene rings is 1. The zero-order chi connectivity index (χ0) is 15.6. The van der Waals surface area contributed by atoms with Gasteiger partial charge in [-0.2, -0.15) is 5.10 Å². The Kier molecular flexibility index (Phi) is 4.32. The molecule has 21 heavy (non-hydrogen) atoms. The van der Waals surface area contributed by atoms with Gasteiger partial charge >= 0.3 is 0 Å². The number of methoxy groups -OCH3 is 1. The van der Waals surface area contributed by atoms with E-state index in [1.807, 2.05) is 20.0 Å². The van der Waals surface area contributed by atoms with E-state index >= 15 is 0 Å². The molecule has 0 radical (unpaired) electrons. The van der Waals surface area contributed by atoms with E-state index < -0.39 is 11.4 Å². The van der Waals surface area contributed by atoms with Crippen molar-refractivity contribution in [2.24, 2.45) is 7.05 Å². The van der Waals surface area contributed by atoms with Crippen molar-refractivity contribution >= 4 is 0 Å². The maximum absolute atomic E-state index is 14.1. The number of halogens is 1. The molecule has 0 saturated heterocycles. The highest BCUT2D eigenvalue weighted by Crippen LogP contribution is 2.34. The molecule has 2 rings (SSSR count). The molecule has 0 amide bonds. The van der Waals surface area contributed by atoms with Gasteiger partial charge in [0, 0.05) is 19.2 Å². The van der Waals surface area contributed by atoms with Crippen LogP contribution in [0.25, 0.3) is 0 Å². The average molecular weight is 292 g/mol. The van der Waals surface area contributed by atoms with Gasteiger partial charge in [-0.25, -0.2) is 4.39 Å². The maximum atomic E-state index is 14.1. The molecule has 5 heteroatoms. The van der Waals surface area contributed by atoms with Crippen LogP contribution >= 0.6 is 0 Å². The first-order chi connectivity index (χ1) is 9.89. The highest BCUT2D eigenvalue weighted by molar-refractivity contribution is 5.39. The molecule has 0 aliphatic carbocycles. The number of aromatic nitrogens is 2. The van der Waals surface area contributed by atoms with E-state index in [4.69, 9.17) is 4.74 Å². The van der Waals surface area contributed by atoms with Gasteiger partial charge < -0.3 is 9.84 Å². The van der Waals surface area contributed by atoms with E-state index in [0.717, 1.165) is 17.8 Å². The van der Waals surface area contributed by atoms with Gasteiger partial charge in [-0.1, -0.05) is 13.0 Å². The van der Waals surface area contributed by atoms with Crippen molar-refractivity contribution in [2.75, 3.05) is 7.11 Å². The minimum absolute atomic E-state index is 0.173. The largest absolute Gasteiger partial charge is 0.496 e.